The Balaban J connectivity index is 1.92. The lowest BCUT2D eigenvalue weighted by molar-refractivity contribution is -0.143. The van der Waals surface area contributed by atoms with Crippen LogP contribution in [0.1, 0.15) is 22.9 Å². The molecule has 1 aliphatic rings. The van der Waals surface area contributed by atoms with Gasteiger partial charge in [0.25, 0.3) is 0 Å². The van der Waals surface area contributed by atoms with Crippen molar-refractivity contribution in [3.8, 4) is 11.5 Å². The van der Waals surface area contributed by atoms with Crippen molar-refractivity contribution in [2.75, 3.05) is 21.3 Å². The minimum atomic E-state index is -0.442. The number of nitrogens with one attached hydrogen (secondary N) is 2. The number of rotatable bonds is 4. The van der Waals surface area contributed by atoms with Crippen LogP contribution < -0.4 is 14.8 Å². The zero-order chi connectivity index (χ0) is 19.0. The standard InChI is InChI=1S/C21H22N2O4/c1-25-17-10-6-8-13(20(17)26-2)18-19-14(11-16(23-18)21(24)27-3)12-7-4-5-9-15(12)22-19/h4-10,16,18,22-23H,11H2,1-3H3/t16-,18+/m1/s1. The molecule has 0 bridgehead atoms. The highest BCUT2D eigenvalue weighted by Crippen LogP contribution is 2.41. The number of aromatic amines is 1. The molecule has 140 valence electrons. The molecule has 1 aromatic heterocycles. The van der Waals surface area contributed by atoms with Crippen LogP contribution in [0.4, 0.5) is 0 Å². The van der Waals surface area contributed by atoms with Crippen molar-refractivity contribution < 1.29 is 19.0 Å². The molecule has 0 amide bonds. The van der Waals surface area contributed by atoms with Crippen LogP contribution >= 0.6 is 0 Å². The lowest BCUT2D eigenvalue weighted by atomic mass is 9.90. The summed E-state index contributed by atoms with van der Waals surface area (Å²) in [6.07, 6.45) is 0.564. The van der Waals surface area contributed by atoms with Gasteiger partial charge in [0.05, 0.1) is 27.4 Å². The first kappa shape index (κ1) is 17.4. The first-order valence-corrected chi connectivity index (χ1v) is 8.82. The Hall–Kier alpha value is -2.99. The van der Waals surface area contributed by atoms with Gasteiger partial charge in [0, 0.05) is 28.6 Å². The molecular weight excluding hydrogens is 344 g/mol. The molecule has 6 nitrogen and oxygen atoms in total. The van der Waals surface area contributed by atoms with Crippen molar-refractivity contribution in [3.05, 3.63) is 59.3 Å². The summed E-state index contributed by atoms with van der Waals surface area (Å²) in [6.45, 7) is 0. The van der Waals surface area contributed by atoms with Crippen molar-refractivity contribution in [1.82, 2.24) is 10.3 Å². The molecule has 0 aliphatic carbocycles. The van der Waals surface area contributed by atoms with Gasteiger partial charge in [-0.15, -0.1) is 0 Å². The van der Waals surface area contributed by atoms with Gasteiger partial charge >= 0.3 is 5.97 Å². The summed E-state index contributed by atoms with van der Waals surface area (Å²) in [4.78, 5) is 15.9. The number of aromatic nitrogens is 1. The minimum Gasteiger partial charge on any atom is -0.493 e. The SMILES string of the molecule is COC(=O)[C@H]1Cc2c([nH]c3ccccc23)[C@H](c2cccc(OC)c2OC)N1. The fraction of sp³-hybridized carbons (Fsp3) is 0.286. The quantitative estimate of drug-likeness (QED) is 0.695. The topological polar surface area (TPSA) is 72.6 Å². The maximum absolute atomic E-state index is 12.3. The summed E-state index contributed by atoms with van der Waals surface area (Å²) in [5, 5.41) is 4.54. The molecular formula is C21H22N2O4. The largest absolute Gasteiger partial charge is 0.493 e. The normalized spacial score (nSPS) is 18.8. The molecule has 0 saturated carbocycles. The third-order valence-corrected chi connectivity index (χ3v) is 5.14. The number of methoxy groups -OCH3 is 3. The van der Waals surface area contributed by atoms with E-state index in [1.807, 2.05) is 36.4 Å². The summed E-state index contributed by atoms with van der Waals surface area (Å²) < 4.78 is 16.1. The Morgan fingerprint density at radius 3 is 2.59 bits per heavy atom. The third kappa shape index (κ3) is 2.82. The zero-order valence-corrected chi connectivity index (χ0v) is 15.5. The Morgan fingerprint density at radius 2 is 1.85 bits per heavy atom. The molecule has 2 aromatic carbocycles. The van der Waals surface area contributed by atoms with E-state index in [2.05, 4.69) is 16.4 Å². The van der Waals surface area contributed by atoms with Crippen molar-refractivity contribution in [2.45, 2.75) is 18.5 Å². The van der Waals surface area contributed by atoms with Crippen LogP contribution in [0.5, 0.6) is 11.5 Å². The molecule has 2 heterocycles. The fourth-order valence-electron chi connectivity index (χ4n) is 3.91. The second kappa shape index (κ2) is 6.96. The molecule has 27 heavy (non-hydrogen) atoms. The predicted octanol–water partition coefficient (Wildman–Crippen LogP) is 2.96. The van der Waals surface area contributed by atoms with Gasteiger partial charge in [-0.05, 0) is 17.7 Å². The van der Waals surface area contributed by atoms with E-state index in [4.69, 9.17) is 14.2 Å². The van der Waals surface area contributed by atoms with Gasteiger partial charge in [0.1, 0.15) is 6.04 Å². The van der Waals surface area contributed by atoms with Crippen molar-refractivity contribution in [1.29, 1.82) is 0 Å². The second-order valence-corrected chi connectivity index (χ2v) is 6.53. The van der Waals surface area contributed by atoms with E-state index in [0.29, 0.717) is 17.9 Å². The smallest absolute Gasteiger partial charge is 0.323 e. The lowest BCUT2D eigenvalue weighted by Gasteiger charge is -2.31. The number of para-hydroxylation sites is 2. The average Bonchev–Trinajstić information content (AvgIpc) is 3.10. The summed E-state index contributed by atoms with van der Waals surface area (Å²) in [5.41, 5.74) is 4.09. The van der Waals surface area contributed by atoms with E-state index in [-0.39, 0.29) is 12.0 Å². The van der Waals surface area contributed by atoms with Crippen LogP contribution in [-0.4, -0.2) is 38.3 Å². The molecule has 0 radical (unpaired) electrons. The molecule has 2 N–H and O–H groups in total. The summed E-state index contributed by atoms with van der Waals surface area (Å²) >= 11 is 0. The Bertz CT molecular complexity index is 995. The van der Waals surface area contributed by atoms with Crippen LogP contribution in [-0.2, 0) is 16.0 Å². The van der Waals surface area contributed by atoms with Gasteiger partial charge in [-0.1, -0.05) is 30.3 Å². The number of esters is 1. The lowest BCUT2D eigenvalue weighted by Crippen LogP contribution is -2.45. The number of H-pyrrole nitrogens is 1. The minimum absolute atomic E-state index is 0.254. The van der Waals surface area contributed by atoms with E-state index in [0.717, 1.165) is 27.7 Å². The van der Waals surface area contributed by atoms with E-state index in [1.54, 1.807) is 14.2 Å². The monoisotopic (exact) mass is 366 g/mol. The van der Waals surface area contributed by atoms with E-state index in [1.165, 1.54) is 7.11 Å². The van der Waals surface area contributed by atoms with E-state index < -0.39 is 6.04 Å². The Kier molecular flexibility index (Phi) is 4.49. The first-order valence-electron chi connectivity index (χ1n) is 8.82. The highest BCUT2D eigenvalue weighted by molar-refractivity contribution is 5.87. The molecule has 0 fully saturated rings. The van der Waals surface area contributed by atoms with Crippen molar-refractivity contribution in [3.63, 3.8) is 0 Å². The van der Waals surface area contributed by atoms with Crippen LogP contribution in [0, 0.1) is 0 Å². The van der Waals surface area contributed by atoms with E-state index in [9.17, 15) is 4.79 Å². The van der Waals surface area contributed by atoms with E-state index >= 15 is 0 Å². The van der Waals surface area contributed by atoms with Gasteiger partial charge in [-0.3, -0.25) is 10.1 Å². The van der Waals surface area contributed by atoms with Gasteiger partial charge < -0.3 is 19.2 Å². The second-order valence-electron chi connectivity index (χ2n) is 6.53. The van der Waals surface area contributed by atoms with Crippen molar-refractivity contribution in [2.24, 2.45) is 0 Å². The highest BCUT2D eigenvalue weighted by atomic mass is 16.5. The maximum Gasteiger partial charge on any atom is 0.323 e. The summed E-state index contributed by atoms with van der Waals surface area (Å²) in [6, 6.07) is 13.2. The molecule has 6 heteroatoms. The zero-order valence-electron chi connectivity index (χ0n) is 15.5. The van der Waals surface area contributed by atoms with Crippen LogP contribution in [0.15, 0.2) is 42.5 Å². The number of benzene rings is 2. The van der Waals surface area contributed by atoms with Crippen LogP contribution in [0.25, 0.3) is 10.9 Å². The van der Waals surface area contributed by atoms with Gasteiger partial charge in [0.15, 0.2) is 11.5 Å². The number of carbonyl (C=O) groups excluding carboxylic acids is 1. The van der Waals surface area contributed by atoms with Gasteiger partial charge in [-0.2, -0.15) is 0 Å². The number of hydrogen-bond donors (Lipinski definition) is 2. The molecule has 4 rings (SSSR count). The van der Waals surface area contributed by atoms with Gasteiger partial charge in [0.2, 0.25) is 0 Å². The predicted molar refractivity (Wildman–Crippen MR) is 102 cm³/mol. The summed E-state index contributed by atoms with van der Waals surface area (Å²) in [7, 11) is 4.64. The summed E-state index contributed by atoms with van der Waals surface area (Å²) in [5.74, 6) is 1.01. The maximum atomic E-state index is 12.3. The number of fused-ring (bicyclic) bond motifs is 3. The molecule has 2 atom stereocenters. The Morgan fingerprint density at radius 1 is 1.04 bits per heavy atom. The molecule has 0 unspecified atom stereocenters. The number of carbonyl (C=O) groups is 1. The fourth-order valence-corrected chi connectivity index (χ4v) is 3.91. The van der Waals surface area contributed by atoms with Gasteiger partial charge in [-0.25, -0.2) is 0 Å². The third-order valence-electron chi connectivity index (χ3n) is 5.14. The van der Waals surface area contributed by atoms with Crippen LogP contribution in [0.2, 0.25) is 0 Å². The number of hydrogen-bond acceptors (Lipinski definition) is 5. The molecule has 1 aliphatic heterocycles. The number of ether oxygens (including phenoxy) is 3. The molecule has 0 spiro atoms. The highest BCUT2D eigenvalue weighted by Gasteiger charge is 2.36. The first-order chi connectivity index (χ1) is 13.2. The molecule has 3 aromatic rings. The average molecular weight is 366 g/mol. The van der Waals surface area contributed by atoms with Crippen molar-refractivity contribution >= 4 is 16.9 Å². The Labute approximate surface area is 157 Å². The molecule has 0 saturated heterocycles. The van der Waals surface area contributed by atoms with Crippen LogP contribution in [0.3, 0.4) is 0 Å².